The van der Waals surface area contributed by atoms with E-state index < -0.39 is 5.60 Å². The first-order valence-electron chi connectivity index (χ1n) is 5.82. The summed E-state index contributed by atoms with van der Waals surface area (Å²) in [5.74, 6) is 0. The number of nitrogens with zero attached hydrogens (tertiary/aromatic N) is 1. The van der Waals surface area contributed by atoms with Gasteiger partial charge in [0.05, 0.1) is 10.6 Å². The zero-order valence-electron chi connectivity index (χ0n) is 10.5. The second-order valence-corrected chi connectivity index (χ2v) is 6.24. The monoisotopic (exact) mass is 281 g/mol. The summed E-state index contributed by atoms with van der Waals surface area (Å²) in [6, 6.07) is 7.59. The SMILES string of the molecule is Cc1csc(CC(C)(O)Cc2ccc(Cl)cc2)n1. The van der Waals surface area contributed by atoms with Gasteiger partial charge in [-0.2, -0.15) is 0 Å². The van der Waals surface area contributed by atoms with Crippen molar-refractivity contribution in [2.75, 3.05) is 0 Å². The minimum absolute atomic E-state index is 0.578. The fourth-order valence-electron chi connectivity index (χ4n) is 1.91. The molecule has 1 unspecified atom stereocenters. The van der Waals surface area contributed by atoms with E-state index in [4.69, 9.17) is 11.6 Å². The molecule has 0 bridgehead atoms. The van der Waals surface area contributed by atoms with Gasteiger partial charge in [0.1, 0.15) is 0 Å². The van der Waals surface area contributed by atoms with Crippen LogP contribution in [-0.2, 0) is 12.8 Å². The topological polar surface area (TPSA) is 33.1 Å². The molecule has 1 heterocycles. The number of aliphatic hydroxyl groups is 1. The largest absolute Gasteiger partial charge is 0.389 e. The third-order valence-corrected chi connectivity index (χ3v) is 3.92. The van der Waals surface area contributed by atoms with E-state index in [1.807, 2.05) is 43.5 Å². The van der Waals surface area contributed by atoms with Crippen LogP contribution in [0, 0.1) is 6.92 Å². The van der Waals surface area contributed by atoms with E-state index in [2.05, 4.69) is 4.98 Å². The average Bonchev–Trinajstić information content (AvgIpc) is 2.66. The van der Waals surface area contributed by atoms with Crippen molar-refractivity contribution < 1.29 is 5.11 Å². The van der Waals surface area contributed by atoms with Crippen molar-refractivity contribution in [3.05, 3.63) is 50.9 Å². The molecule has 2 nitrogen and oxygen atoms in total. The molecule has 0 spiro atoms. The van der Waals surface area contributed by atoms with Gasteiger partial charge in [0.15, 0.2) is 0 Å². The molecule has 18 heavy (non-hydrogen) atoms. The summed E-state index contributed by atoms with van der Waals surface area (Å²) in [6.45, 7) is 3.81. The van der Waals surface area contributed by atoms with E-state index in [0.717, 1.165) is 16.3 Å². The standard InChI is InChI=1S/C14H16ClNOS/c1-10-9-18-13(16-10)8-14(2,17)7-11-3-5-12(15)6-4-11/h3-6,9,17H,7-8H2,1-2H3. The number of hydrogen-bond donors (Lipinski definition) is 1. The van der Waals surface area contributed by atoms with E-state index in [-0.39, 0.29) is 0 Å². The molecule has 0 fully saturated rings. The predicted molar refractivity (Wildman–Crippen MR) is 76.3 cm³/mol. The Morgan fingerprint density at radius 3 is 2.50 bits per heavy atom. The molecule has 0 amide bonds. The van der Waals surface area contributed by atoms with Crippen LogP contribution in [0.1, 0.15) is 23.2 Å². The lowest BCUT2D eigenvalue weighted by Gasteiger charge is -2.22. The summed E-state index contributed by atoms with van der Waals surface area (Å²) in [4.78, 5) is 4.39. The van der Waals surface area contributed by atoms with Crippen molar-refractivity contribution in [2.24, 2.45) is 0 Å². The quantitative estimate of drug-likeness (QED) is 0.928. The molecule has 1 N–H and O–H groups in total. The molecular weight excluding hydrogens is 266 g/mol. The highest BCUT2D eigenvalue weighted by atomic mass is 35.5. The predicted octanol–water partition coefficient (Wildman–Crippen LogP) is 3.64. The Balaban J connectivity index is 2.04. The van der Waals surface area contributed by atoms with Crippen molar-refractivity contribution in [1.82, 2.24) is 4.98 Å². The fraction of sp³-hybridized carbons (Fsp3) is 0.357. The normalized spacial score (nSPS) is 14.4. The highest BCUT2D eigenvalue weighted by molar-refractivity contribution is 7.09. The van der Waals surface area contributed by atoms with Gasteiger partial charge in [-0.15, -0.1) is 11.3 Å². The van der Waals surface area contributed by atoms with Crippen molar-refractivity contribution in [1.29, 1.82) is 0 Å². The summed E-state index contributed by atoms with van der Waals surface area (Å²) in [5.41, 5.74) is 1.31. The Morgan fingerprint density at radius 1 is 1.28 bits per heavy atom. The number of hydrogen-bond acceptors (Lipinski definition) is 3. The van der Waals surface area contributed by atoms with Crippen LogP contribution in [0.15, 0.2) is 29.6 Å². The van der Waals surface area contributed by atoms with E-state index >= 15 is 0 Å². The van der Waals surface area contributed by atoms with Crippen LogP contribution >= 0.6 is 22.9 Å². The van der Waals surface area contributed by atoms with Gasteiger partial charge in [0.2, 0.25) is 0 Å². The Bertz CT molecular complexity index is 519. The van der Waals surface area contributed by atoms with Gasteiger partial charge in [-0.3, -0.25) is 0 Å². The molecule has 4 heteroatoms. The number of aromatic nitrogens is 1. The zero-order chi connectivity index (χ0) is 13.2. The van der Waals surface area contributed by atoms with Crippen LogP contribution in [0.3, 0.4) is 0 Å². The lowest BCUT2D eigenvalue weighted by molar-refractivity contribution is 0.0607. The van der Waals surface area contributed by atoms with Crippen LogP contribution in [0.25, 0.3) is 0 Å². The van der Waals surface area contributed by atoms with Crippen molar-refractivity contribution >= 4 is 22.9 Å². The molecule has 1 aromatic carbocycles. The molecular formula is C14H16ClNOS. The number of halogens is 1. The molecule has 0 aliphatic heterocycles. The van der Waals surface area contributed by atoms with E-state index in [1.165, 1.54) is 0 Å². The first-order valence-corrected chi connectivity index (χ1v) is 7.08. The Morgan fingerprint density at radius 2 is 1.94 bits per heavy atom. The molecule has 1 atom stereocenters. The third kappa shape index (κ3) is 3.80. The van der Waals surface area contributed by atoms with E-state index in [9.17, 15) is 5.11 Å². The van der Waals surface area contributed by atoms with E-state index in [0.29, 0.717) is 17.9 Å². The summed E-state index contributed by atoms with van der Waals surface area (Å²) in [6.07, 6.45) is 1.18. The van der Waals surface area contributed by atoms with Crippen LogP contribution in [0.2, 0.25) is 5.02 Å². The Kier molecular flexibility index (Phi) is 4.05. The second kappa shape index (κ2) is 5.39. The first kappa shape index (κ1) is 13.5. The maximum absolute atomic E-state index is 10.4. The minimum Gasteiger partial charge on any atom is -0.389 e. The van der Waals surface area contributed by atoms with Crippen molar-refractivity contribution in [2.45, 2.75) is 32.3 Å². The third-order valence-electron chi connectivity index (χ3n) is 2.70. The molecule has 0 saturated heterocycles. The van der Waals surface area contributed by atoms with Gasteiger partial charge in [0.25, 0.3) is 0 Å². The second-order valence-electron chi connectivity index (χ2n) is 4.86. The maximum Gasteiger partial charge on any atom is 0.0956 e. The van der Waals surface area contributed by atoms with Crippen molar-refractivity contribution in [3.63, 3.8) is 0 Å². The fourth-order valence-corrected chi connectivity index (χ4v) is 2.99. The molecule has 0 saturated carbocycles. The summed E-state index contributed by atoms with van der Waals surface area (Å²) in [7, 11) is 0. The molecule has 0 aliphatic rings. The molecule has 96 valence electrons. The van der Waals surface area contributed by atoms with Crippen LogP contribution in [0.5, 0.6) is 0 Å². The van der Waals surface area contributed by atoms with Crippen LogP contribution in [-0.4, -0.2) is 15.7 Å². The Labute approximate surface area is 116 Å². The molecule has 0 radical (unpaired) electrons. The summed E-state index contributed by atoms with van der Waals surface area (Å²) >= 11 is 7.44. The average molecular weight is 282 g/mol. The van der Waals surface area contributed by atoms with Gasteiger partial charge in [-0.05, 0) is 31.5 Å². The number of thiazole rings is 1. The van der Waals surface area contributed by atoms with Gasteiger partial charge >= 0.3 is 0 Å². The number of aryl methyl sites for hydroxylation is 1. The Hall–Kier alpha value is -0.900. The lowest BCUT2D eigenvalue weighted by Crippen LogP contribution is -2.30. The smallest absolute Gasteiger partial charge is 0.0956 e. The highest BCUT2D eigenvalue weighted by Crippen LogP contribution is 2.22. The van der Waals surface area contributed by atoms with Gasteiger partial charge in [0, 0.05) is 28.9 Å². The van der Waals surface area contributed by atoms with Crippen molar-refractivity contribution in [3.8, 4) is 0 Å². The van der Waals surface area contributed by atoms with Crippen LogP contribution in [0.4, 0.5) is 0 Å². The summed E-state index contributed by atoms with van der Waals surface area (Å²) in [5, 5.41) is 14.1. The minimum atomic E-state index is -0.780. The molecule has 2 aromatic rings. The van der Waals surface area contributed by atoms with Crippen LogP contribution < -0.4 is 0 Å². The first-order chi connectivity index (χ1) is 8.44. The van der Waals surface area contributed by atoms with Gasteiger partial charge in [-0.1, -0.05) is 23.7 Å². The number of rotatable bonds is 4. The summed E-state index contributed by atoms with van der Waals surface area (Å²) < 4.78 is 0. The lowest BCUT2D eigenvalue weighted by atomic mass is 9.93. The number of benzene rings is 1. The molecule has 1 aromatic heterocycles. The maximum atomic E-state index is 10.4. The van der Waals surface area contributed by atoms with Gasteiger partial charge in [-0.25, -0.2) is 4.98 Å². The van der Waals surface area contributed by atoms with Gasteiger partial charge < -0.3 is 5.11 Å². The van der Waals surface area contributed by atoms with E-state index in [1.54, 1.807) is 11.3 Å². The molecule has 2 rings (SSSR count). The molecule has 0 aliphatic carbocycles. The zero-order valence-corrected chi connectivity index (χ0v) is 12.1. The highest BCUT2D eigenvalue weighted by Gasteiger charge is 2.23.